The third-order valence-corrected chi connectivity index (χ3v) is 3.49. The van der Waals surface area contributed by atoms with Crippen molar-refractivity contribution in [1.29, 1.82) is 0 Å². The number of anilines is 1. The van der Waals surface area contributed by atoms with E-state index in [2.05, 4.69) is 10.4 Å². The summed E-state index contributed by atoms with van der Waals surface area (Å²) in [5, 5.41) is 7.09. The predicted molar refractivity (Wildman–Crippen MR) is 71.7 cm³/mol. The molecule has 1 aromatic heterocycles. The maximum atomic E-state index is 13.6. The average Bonchev–Trinajstić information content (AvgIpc) is 2.62. The minimum atomic E-state index is -4.52. The fourth-order valence-corrected chi connectivity index (χ4v) is 2.12. The molecule has 3 nitrogen and oxygen atoms in total. The van der Waals surface area contributed by atoms with Crippen molar-refractivity contribution in [2.24, 2.45) is 7.05 Å². The number of hydrogen-bond acceptors (Lipinski definition) is 2. The highest BCUT2D eigenvalue weighted by atomic mass is 35.5. The highest BCUT2D eigenvalue weighted by molar-refractivity contribution is 6.31. The largest absolute Gasteiger partial charge is 0.416 e. The smallest absolute Gasteiger partial charge is 0.377 e. The van der Waals surface area contributed by atoms with E-state index in [0.29, 0.717) is 22.5 Å². The van der Waals surface area contributed by atoms with Crippen LogP contribution in [0.5, 0.6) is 0 Å². The van der Waals surface area contributed by atoms with Gasteiger partial charge in [0.25, 0.3) is 0 Å². The molecule has 0 aliphatic heterocycles. The Kier molecular flexibility index (Phi) is 4.13. The normalized spacial score (nSPS) is 11.8. The molecule has 0 radical (unpaired) electrons. The third kappa shape index (κ3) is 3.29. The number of hydrogen-bond donors (Lipinski definition) is 1. The van der Waals surface area contributed by atoms with Crippen molar-refractivity contribution < 1.29 is 17.6 Å². The first-order valence-electron chi connectivity index (χ1n) is 5.98. The van der Waals surface area contributed by atoms with Gasteiger partial charge in [0.1, 0.15) is 5.82 Å². The highest BCUT2D eigenvalue weighted by Crippen LogP contribution is 2.32. The van der Waals surface area contributed by atoms with Crippen molar-refractivity contribution in [3.8, 4) is 0 Å². The topological polar surface area (TPSA) is 29.9 Å². The standard InChI is InChI=1S/C13H12ClF4N3/c1-7-12(14)11(21(2)20-7)6-19-10-5-8(13(16,17)18)3-4-9(10)15/h3-5,19H,6H2,1-2H3. The number of halogens is 5. The van der Waals surface area contributed by atoms with Crippen molar-refractivity contribution in [2.45, 2.75) is 19.6 Å². The Bertz CT molecular complexity index is 664. The van der Waals surface area contributed by atoms with Crippen molar-refractivity contribution in [2.75, 3.05) is 5.32 Å². The molecule has 0 saturated carbocycles. The summed E-state index contributed by atoms with van der Waals surface area (Å²) in [7, 11) is 1.65. The summed E-state index contributed by atoms with van der Waals surface area (Å²) in [6, 6.07) is 2.20. The van der Waals surface area contributed by atoms with Crippen LogP contribution in [0.3, 0.4) is 0 Å². The molecule has 0 aliphatic carbocycles. The third-order valence-electron chi connectivity index (χ3n) is 3.00. The molecule has 2 aromatic rings. The Balaban J connectivity index is 2.24. The predicted octanol–water partition coefficient (Wildman–Crippen LogP) is 4.15. The second-order valence-electron chi connectivity index (χ2n) is 4.52. The van der Waals surface area contributed by atoms with Crippen LogP contribution in [-0.2, 0) is 19.8 Å². The van der Waals surface area contributed by atoms with Gasteiger partial charge in [-0.05, 0) is 25.1 Å². The number of nitrogens with one attached hydrogen (secondary N) is 1. The van der Waals surface area contributed by atoms with E-state index >= 15 is 0 Å². The summed E-state index contributed by atoms with van der Waals surface area (Å²) in [6.07, 6.45) is -4.52. The minimum absolute atomic E-state index is 0.0639. The van der Waals surface area contributed by atoms with Gasteiger partial charge in [-0.3, -0.25) is 4.68 Å². The molecule has 0 aliphatic rings. The maximum absolute atomic E-state index is 13.6. The van der Waals surface area contributed by atoms with Gasteiger partial charge in [-0.15, -0.1) is 0 Å². The van der Waals surface area contributed by atoms with Crippen molar-refractivity contribution in [3.05, 3.63) is 46.0 Å². The summed E-state index contributed by atoms with van der Waals surface area (Å²) in [4.78, 5) is 0. The molecule has 8 heteroatoms. The maximum Gasteiger partial charge on any atom is 0.416 e. The Labute approximate surface area is 123 Å². The summed E-state index contributed by atoms with van der Waals surface area (Å²) in [5.41, 5.74) is 0.00453. The van der Waals surface area contributed by atoms with Gasteiger partial charge in [-0.1, -0.05) is 11.6 Å². The second kappa shape index (κ2) is 5.55. The van der Waals surface area contributed by atoms with Crippen molar-refractivity contribution in [1.82, 2.24) is 9.78 Å². The van der Waals surface area contributed by atoms with Gasteiger partial charge in [-0.2, -0.15) is 18.3 Å². The lowest BCUT2D eigenvalue weighted by Gasteiger charge is -2.12. The van der Waals surface area contributed by atoms with E-state index < -0.39 is 17.6 Å². The summed E-state index contributed by atoms with van der Waals surface area (Å²) >= 11 is 6.03. The molecule has 114 valence electrons. The number of aryl methyl sites for hydroxylation is 2. The zero-order chi connectivity index (χ0) is 15.8. The zero-order valence-electron chi connectivity index (χ0n) is 11.2. The Morgan fingerprint density at radius 3 is 2.52 bits per heavy atom. The van der Waals surface area contributed by atoms with Crippen LogP contribution < -0.4 is 5.32 Å². The zero-order valence-corrected chi connectivity index (χ0v) is 12.0. The number of alkyl halides is 3. The van der Waals surface area contributed by atoms with Crippen molar-refractivity contribution in [3.63, 3.8) is 0 Å². The molecule has 0 amide bonds. The van der Waals surface area contributed by atoms with E-state index in [4.69, 9.17) is 11.6 Å². The summed E-state index contributed by atoms with van der Waals surface area (Å²) in [6.45, 7) is 1.77. The van der Waals surface area contributed by atoms with E-state index in [-0.39, 0.29) is 12.2 Å². The first-order chi connectivity index (χ1) is 9.70. The van der Waals surface area contributed by atoms with Crippen molar-refractivity contribution >= 4 is 17.3 Å². The molecule has 21 heavy (non-hydrogen) atoms. The van der Waals surface area contributed by atoms with Crippen LogP contribution in [0.15, 0.2) is 18.2 Å². The van der Waals surface area contributed by atoms with E-state index in [9.17, 15) is 17.6 Å². The first kappa shape index (κ1) is 15.6. The second-order valence-corrected chi connectivity index (χ2v) is 4.89. The highest BCUT2D eigenvalue weighted by Gasteiger charge is 2.31. The monoisotopic (exact) mass is 321 g/mol. The molecule has 2 rings (SSSR count). The van der Waals surface area contributed by atoms with E-state index in [1.165, 1.54) is 4.68 Å². The Morgan fingerprint density at radius 2 is 2.00 bits per heavy atom. The molecule has 1 N–H and O–H groups in total. The van der Waals surface area contributed by atoms with Crippen LogP contribution in [0, 0.1) is 12.7 Å². The number of nitrogens with zero attached hydrogens (tertiary/aromatic N) is 2. The Morgan fingerprint density at radius 1 is 1.33 bits per heavy atom. The fraction of sp³-hybridized carbons (Fsp3) is 0.308. The molecule has 0 saturated heterocycles. The Hall–Kier alpha value is -1.76. The SMILES string of the molecule is Cc1nn(C)c(CNc2cc(C(F)(F)F)ccc2F)c1Cl. The van der Waals surface area contributed by atoms with E-state index in [1.54, 1.807) is 14.0 Å². The van der Waals surface area contributed by atoms with Crippen LogP contribution in [0.1, 0.15) is 17.0 Å². The van der Waals surface area contributed by atoms with Crippen LogP contribution >= 0.6 is 11.6 Å². The molecular formula is C13H12ClF4N3. The summed E-state index contributed by atoms with van der Waals surface area (Å²) < 4.78 is 52.9. The molecule has 0 atom stereocenters. The van der Waals surface area contributed by atoms with Gasteiger partial charge in [0, 0.05) is 7.05 Å². The molecule has 0 spiro atoms. The fourth-order valence-electron chi connectivity index (χ4n) is 1.89. The lowest BCUT2D eigenvalue weighted by atomic mass is 10.2. The van der Waals surface area contributed by atoms with Gasteiger partial charge in [0.2, 0.25) is 0 Å². The number of rotatable bonds is 3. The molecule has 1 aromatic carbocycles. The minimum Gasteiger partial charge on any atom is -0.377 e. The van der Waals surface area contributed by atoms with Gasteiger partial charge >= 0.3 is 6.18 Å². The molecule has 0 bridgehead atoms. The number of aromatic nitrogens is 2. The quantitative estimate of drug-likeness (QED) is 0.861. The summed E-state index contributed by atoms with van der Waals surface area (Å²) in [5.74, 6) is -0.766. The van der Waals surface area contributed by atoms with Crippen LogP contribution in [0.25, 0.3) is 0 Å². The van der Waals surface area contributed by atoms with Crippen LogP contribution in [0.4, 0.5) is 23.2 Å². The van der Waals surface area contributed by atoms with E-state index in [1.807, 2.05) is 0 Å². The molecule has 1 heterocycles. The number of benzene rings is 1. The lowest BCUT2D eigenvalue weighted by Crippen LogP contribution is -2.10. The molecule has 0 unspecified atom stereocenters. The van der Waals surface area contributed by atoms with Gasteiger partial charge in [0.15, 0.2) is 0 Å². The lowest BCUT2D eigenvalue weighted by molar-refractivity contribution is -0.137. The van der Waals surface area contributed by atoms with Crippen LogP contribution in [0.2, 0.25) is 5.02 Å². The van der Waals surface area contributed by atoms with Crippen LogP contribution in [-0.4, -0.2) is 9.78 Å². The molecule has 0 fully saturated rings. The van der Waals surface area contributed by atoms with E-state index in [0.717, 1.165) is 12.1 Å². The first-order valence-corrected chi connectivity index (χ1v) is 6.36. The van der Waals surface area contributed by atoms with Gasteiger partial charge in [0.05, 0.1) is 34.2 Å². The van der Waals surface area contributed by atoms with Gasteiger partial charge in [-0.25, -0.2) is 4.39 Å². The van der Waals surface area contributed by atoms with Gasteiger partial charge < -0.3 is 5.32 Å². The molecular weight excluding hydrogens is 310 g/mol. The average molecular weight is 322 g/mol.